The molecule has 1 saturated heterocycles. The Hall–Kier alpha value is -1.48. The van der Waals surface area contributed by atoms with Gasteiger partial charge in [0.25, 0.3) is 0 Å². The maximum Gasteiger partial charge on any atom is 0.351 e. The van der Waals surface area contributed by atoms with E-state index in [2.05, 4.69) is 4.98 Å². The fourth-order valence-corrected chi connectivity index (χ4v) is 2.12. The lowest BCUT2D eigenvalue weighted by Crippen LogP contribution is -2.37. The molecule has 8 nitrogen and oxygen atoms in total. The third kappa shape index (κ3) is 2.61. The lowest BCUT2D eigenvalue weighted by atomic mass is 10.1. The summed E-state index contributed by atoms with van der Waals surface area (Å²) < 4.78 is 17.0. The van der Waals surface area contributed by atoms with Crippen LogP contribution in [0, 0.1) is 0 Å². The van der Waals surface area contributed by atoms with Crippen molar-refractivity contribution in [3.8, 4) is 0 Å². The van der Waals surface area contributed by atoms with Crippen molar-refractivity contribution in [3.63, 3.8) is 0 Å². The molecule has 106 valence electrons. The SMILES string of the molecule is COC[C@H]1O[C@@H](n2ccc(N)nc2=O)[C@H](OC)[C@@H]1O. The number of methoxy groups -OCH3 is 2. The predicted octanol–water partition coefficient (Wildman–Crippen LogP) is -1.25. The van der Waals surface area contributed by atoms with Crippen LogP contribution in [-0.4, -0.2) is 53.8 Å². The normalized spacial score (nSPS) is 30.7. The van der Waals surface area contributed by atoms with Crippen LogP contribution < -0.4 is 11.4 Å². The summed E-state index contributed by atoms with van der Waals surface area (Å²) in [5.41, 5.74) is 4.87. The predicted molar refractivity (Wildman–Crippen MR) is 65.5 cm³/mol. The Morgan fingerprint density at radius 2 is 2.32 bits per heavy atom. The van der Waals surface area contributed by atoms with E-state index in [0.717, 1.165) is 0 Å². The second-order valence-corrected chi connectivity index (χ2v) is 4.25. The van der Waals surface area contributed by atoms with Gasteiger partial charge in [-0.3, -0.25) is 4.57 Å². The van der Waals surface area contributed by atoms with Gasteiger partial charge in [0, 0.05) is 20.4 Å². The highest BCUT2D eigenvalue weighted by atomic mass is 16.6. The molecule has 0 bridgehead atoms. The number of hydrogen-bond donors (Lipinski definition) is 2. The second-order valence-electron chi connectivity index (χ2n) is 4.25. The molecule has 8 heteroatoms. The lowest BCUT2D eigenvalue weighted by molar-refractivity contribution is -0.0668. The van der Waals surface area contributed by atoms with Crippen LogP contribution in [0.25, 0.3) is 0 Å². The third-order valence-corrected chi connectivity index (χ3v) is 3.04. The van der Waals surface area contributed by atoms with Gasteiger partial charge in [-0.25, -0.2) is 4.79 Å². The Balaban J connectivity index is 2.30. The molecule has 3 N–H and O–H groups in total. The molecule has 19 heavy (non-hydrogen) atoms. The average Bonchev–Trinajstić information content (AvgIpc) is 2.67. The fraction of sp³-hybridized carbons (Fsp3) is 0.636. The minimum absolute atomic E-state index is 0.127. The Morgan fingerprint density at radius 1 is 1.58 bits per heavy atom. The summed E-state index contributed by atoms with van der Waals surface area (Å²) in [5.74, 6) is 0.127. The van der Waals surface area contributed by atoms with Gasteiger partial charge in [-0.1, -0.05) is 0 Å². The van der Waals surface area contributed by atoms with Crippen LogP contribution in [0.1, 0.15) is 6.23 Å². The summed E-state index contributed by atoms with van der Waals surface area (Å²) in [4.78, 5) is 15.4. The summed E-state index contributed by atoms with van der Waals surface area (Å²) in [6.07, 6.45) is -1.43. The lowest BCUT2D eigenvalue weighted by Gasteiger charge is -2.20. The maximum atomic E-state index is 11.8. The molecule has 0 aromatic carbocycles. The summed E-state index contributed by atoms with van der Waals surface area (Å²) in [5, 5.41) is 10.1. The topological polar surface area (TPSA) is 109 Å². The van der Waals surface area contributed by atoms with Crippen molar-refractivity contribution in [2.45, 2.75) is 24.5 Å². The van der Waals surface area contributed by atoms with E-state index in [-0.39, 0.29) is 12.4 Å². The molecule has 0 aliphatic carbocycles. The molecule has 2 rings (SSSR count). The number of aliphatic hydroxyl groups is 1. The van der Waals surface area contributed by atoms with E-state index < -0.39 is 30.2 Å². The van der Waals surface area contributed by atoms with Crippen LogP contribution in [0.4, 0.5) is 5.82 Å². The number of ether oxygens (including phenoxy) is 3. The highest BCUT2D eigenvalue weighted by Crippen LogP contribution is 2.30. The number of rotatable bonds is 4. The van der Waals surface area contributed by atoms with Crippen LogP contribution in [0.15, 0.2) is 17.1 Å². The van der Waals surface area contributed by atoms with Crippen LogP contribution in [0.2, 0.25) is 0 Å². The molecule has 4 atom stereocenters. The number of anilines is 1. The molecule has 1 aromatic rings. The maximum absolute atomic E-state index is 11.8. The van der Waals surface area contributed by atoms with E-state index in [9.17, 15) is 9.90 Å². The zero-order valence-corrected chi connectivity index (χ0v) is 10.7. The number of aromatic nitrogens is 2. The first-order valence-electron chi connectivity index (χ1n) is 5.78. The first kappa shape index (κ1) is 13.9. The third-order valence-electron chi connectivity index (χ3n) is 3.04. The van der Waals surface area contributed by atoms with Gasteiger partial charge in [-0.15, -0.1) is 0 Å². The number of aliphatic hydroxyl groups excluding tert-OH is 1. The monoisotopic (exact) mass is 271 g/mol. The highest BCUT2D eigenvalue weighted by Gasteiger charge is 2.45. The van der Waals surface area contributed by atoms with Gasteiger partial charge in [0.15, 0.2) is 6.23 Å². The molecule has 1 fully saturated rings. The Labute approximate surface area is 109 Å². The largest absolute Gasteiger partial charge is 0.387 e. The van der Waals surface area contributed by atoms with Crippen LogP contribution in [-0.2, 0) is 14.2 Å². The molecule has 0 spiro atoms. The number of nitrogens with two attached hydrogens (primary N) is 1. The zero-order valence-electron chi connectivity index (χ0n) is 10.7. The zero-order chi connectivity index (χ0) is 14.0. The summed E-state index contributed by atoms with van der Waals surface area (Å²) in [7, 11) is 2.94. The van der Waals surface area contributed by atoms with Gasteiger partial charge in [-0.2, -0.15) is 4.98 Å². The quantitative estimate of drug-likeness (QED) is 0.703. The van der Waals surface area contributed by atoms with E-state index in [1.54, 1.807) is 0 Å². The Bertz CT molecular complexity index is 491. The van der Waals surface area contributed by atoms with Crippen molar-refractivity contribution in [1.82, 2.24) is 9.55 Å². The van der Waals surface area contributed by atoms with Crippen molar-refractivity contribution in [2.24, 2.45) is 0 Å². The molecular weight excluding hydrogens is 254 g/mol. The van der Waals surface area contributed by atoms with Gasteiger partial charge in [0.05, 0.1) is 6.61 Å². The molecule has 0 unspecified atom stereocenters. The molecule has 0 amide bonds. The van der Waals surface area contributed by atoms with Gasteiger partial charge in [0.2, 0.25) is 0 Å². The first-order valence-corrected chi connectivity index (χ1v) is 5.78. The minimum atomic E-state index is -0.889. The van der Waals surface area contributed by atoms with E-state index in [1.807, 2.05) is 0 Å². The van der Waals surface area contributed by atoms with Gasteiger partial charge in [-0.05, 0) is 6.07 Å². The number of nitrogens with zero attached hydrogens (tertiary/aromatic N) is 2. The van der Waals surface area contributed by atoms with E-state index in [1.165, 1.54) is 31.0 Å². The molecular formula is C11H17N3O5. The fourth-order valence-electron chi connectivity index (χ4n) is 2.12. The van der Waals surface area contributed by atoms with Crippen molar-refractivity contribution in [1.29, 1.82) is 0 Å². The highest BCUT2D eigenvalue weighted by molar-refractivity contribution is 5.23. The van der Waals surface area contributed by atoms with Crippen LogP contribution >= 0.6 is 0 Å². The molecule has 0 saturated carbocycles. The number of hydrogen-bond acceptors (Lipinski definition) is 7. The first-order chi connectivity index (χ1) is 9.08. The van der Waals surface area contributed by atoms with Crippen molar-refractivity contribution in [2.75, 3.05) is 26.6 Å². The van der Waals surface area contributed by atoms with Crippen LogP contribution in [0.5, 0.6) is 0 Å². The molecule has 1 aromatic heterocycles. The Morgan fingerprint density at radius 3 is 2.89 bits per heavy atom. The van der Waals surface area contributed by atoms with E-state index in [0.29, 0.717) is 0 Å². The molecule has 1 aliphatic rings. The Kier molecular flexibility index (Phi) is 4.15. The summed E-state index contributed by atoms with van der Waals surface area (Å²) >= 11 is 0. The minimum Gasteiger partial charge on any atom is -0.387 e. The van der Waals surface area contributed by atoms with Gasteiger partial charge in [0.1, 0.15) is 24.1 Å². The molecule has 2 heterocycles. The van der Waals surface area contributed by atoms with Crippen molar-refractivity contribution < 1.29 is 19.3 Å². The van der Waals surface area contributed by atoms with E-state index >= 15 is 0 Å². The summed E-state index contributed by atoms with van der Waals surface area (Å²) in [6.45, 7) is 0.203. The molecule has 0 radical (unpaired) electrons. The standard InChI is InChI=1S/C11H17N3O5/c1-17-5-6-8(15)9(18-2)10(19-6)14-4-3-7(12)13-11(14)16/h3-4,6,8-10,15H,5H2,1-2H3,(H2,12,13,16)/t6-,8-,9-,10-/m1/s1. The second kappa shape index (κ2) is 5.66. The van der Waals surface area contributed by atoms with Gasteiger partial charge < -0.3 is 25.1 Å². The summed E-state index contributed by atoms with van der Waals surface area (Å²) in [6, 6.07) is 1.48. The van der Waals surface area contributed by atoms with Crippen molar-refractivity contribution >= 4 is 5.82 Å². The van der Waals surface area contributed by atoms with Crippen LogP contribution in [0.3, 0.4) is 0 Å². The van der Waals surface area contributed by atoms with Crippen molar-refractivity contribution in [3.05, 3.63) is 22.7 Å². The van der Waals surface area contributed by atoms with E-state index in [4.69, 9.17) is 19.9 Å². The molecule has 1 aliphatic heterocycles. The average molecular weight is 271 g/mol. The smallest absolute Gasteiger partial charge is 0.351 e. The van der Waals surface area contributed by atoms with Gasteiger partial charge >= 0.3 is 5.69 Å². The number of nitrogen functional groups attached to an aromatic ring is 1.